The molecule has 2 aromatic carbocycles. The molecule has 25 heavy (non-hydrogen) atoms. The largest absolute Gasteiger partial charge is 0.497 e. The Labute approximate surface area is 147 Å². The number of para-hydroxylation sites is 1. The number of carbonyl (C=O) groups is 1. The van der Waals surface area contributed by atoms with Crippen molar-refractivity contribution in [3.05, 3.63) is 54.1 Å². The molecule has 3 rings (SSSR count). The molecule has 1 saturated heterocycles. The first-order valence-electron chi connectivity index (χ1n) is 7.98. The van der Waals surface area contributed by atoms with Gasteiger partial charge in [0.1, 0.15) is 5.75 Å². The molecule has 0 radical (unpaired) electrons. The summed E-state index contributed by atoms with van der Waals surface area (Å²) in [4.78, 5) is 12.6. The number of hydrogen-bond donors (Lipinski definition) is 2. The Morgan fingerprint density at radius 1 is 1.12 bits per heavy atom. The average molecular weight is 360 g/mol. The summed E-state index contributed by atoms with van der Waals surface area (Å²) in [6.45, 7) is 0. The van der Waals surface area contributed by atoms with Crippen LogP contribution in [0.25, 0.3) is 0 Å². The van der Waals surface area contributed by atoms with Crippen LogP contribution in [0.2, 0.25) is 0 Å². The molecule has 0 unspecified atom stereocenters. The second kappa shape index (κ2) is 7.14. The van der Waals surface area contributed by atoms with Crippen LogP contribution in [0.1, 0.15) is 16.8 Å². The van der Waals surface area contributed by atoms with Gasteiger partial charge in [0, 0.05) is 11.7 Å². The molecule has 1 aliphatic heterocycles. The molecule has 1 amide bonds. The maximum Gasteiger partial charge on any atom is 0.253 e. The normalized spacial score (nSPS) is 18.5. The zero-order chi connectivity index (χ0) is 17.9. The third kappa shape index (κ3) is 4.30. The zero-order valence-corrected chi connectivity index (χ0v) is 14.7. The van der Waals surface area contributed by atoms with Crippen molar-refractivity contribution in [3.8, 4) is 5.75 Å². The summed E-state index contributed by atoms with van der Waals surface area (Å²) in [5.41, 5.74) is 1.96. The summed E-state index contributed by atoms with van der Waals surface area (Å²) in [6, 6.07) is 14.2. The van der Waals surface area contributed by atoms with Crippen molar-refractivity contribution in [1.29, 1.82) is 0 Å². The molecular formula is C18H20N2O4S. The van der Waals surface area contributed by atoms with Gasteiger partial charge in [0.2, 0.25) is 0 Å². The van der Waals surface area contributed by atoms with Gasteiger partial charge in [0.05, 0.1) is 29.9 Å². The SMILES string of the molecule is COc1ccc(Nc2ccccc2C(=O)N[C@@H]2CCS(=O)(=O)C2)cc1. The van der Waals surface area contributed by atoms with E-state index < -0.39 is 9.84 Å². The number of rotatable bonds is 5. The van der Waals surface area contributed by atoms with Crippen LogP contribution in [-0.2, 0) is 9.84 Å². The Morgan fingerprint density at radius 2 is 1.84 bits per heavy atom. The summed E-state index contributed by atoms with van der Waals surface area (Å²) in [5, 5.41) is 6.03. The Balaban J connectivity index is 1.74. The smallest absolute Gasteiger partial charge is 0.253 e. The molecule has 1 fully saturated rings. The van der Waals surface area contributed by atoms with Crippen molar-refractivity contribution >= 4 is 27.1 Å². The van der Waals surface area contributed by atoms with E-state index in [1.165, 1.54) is 0 Å². The lowest BCUT2D eigenvalue weighted by Crippen LogP contribution is -2.35. The first-order chi connectivity index (χ1) is 12.0. The molecule has 7 heteroatoms. The van der Waals surface area contributed by atoms with Crippen molar-refractivity contribution in [3.63, 3.8) is 0 Å². The highest BCUT2D eigenvalue weighted by atomic mass is 32.2. The molecule has 1 aliphatic rings. The molecule has 6 nitrogen and oxygen atoms in total. The standard InChI is InChI=1S/C18H20N2O4S/c1-24-15-8-6-13(7-9-15)19-17-5-3-2-4-16(17)18(21)20-14-10-11-25(22,23)12-14/h2-9,14,19H,10-12H2,1H3,(H,20,21)/t14-/m1/s1. The van der Waals surface area contributed by atoms with Crippen molar-refractivity contribution < 1.29 is 17.9 Å². The third-order valence-corrected chi connectivity index (χ3v) is 5.88. The Bertz CT molecular complexity index is 863. The Morgan fingerprint density at radius 3 is 2.48 bits per heavy atom. The minimum Gasteiger partial charge on any atom is -0.497 e. The number of carbonyl (C=O) groups excluding carboxylic acids is 1. The van der Waals surface area contributed by atoms with Crippen molar-refractivity contribution in [1.82, 2.24) is 5.32 Å². The highest BCUT2D eigenvalue weighted by Gasteiger charge is 2.29. The van der Waals surface area contributed by atoms with Gasteiger partial charge in [-0.3, -0.25) is 4.79 Å². The fraction of sp³-hybridized carbons (Fsp3) is 0.278. The number of nitrogens with one attached hydrogen (secondary N) is 2. The second-order valence-electron chi connectivity index (χ2n) is 5.97. The first kappa shape index (κ1) is 17.3. The third-order valence-electron chi connectivity index (χ3n) is 4.11. The maximum absolute atomic E-state index is 12.6. The van der Waals surface area contributed by atoms with Gasteiger partial charge in [-0.05, 0) is 42.8 Å². The van der Waals surface area contributed by atoms with Crippen LogP contribution in [-0.4, -0.2) is 39.0 Å². The highest BCUT2D eigenvalue weighted by molar-refractivity contribution is 7.91. The lowest BCUT2D eigenvalue weighted by Gasteiger charge is -2.15. The van der Waals surface area contributed by atoms with Gasteiger partial charge in [-0.15, -0.1) is 0 Å². The predicted octanol–water partition coefficient (Wildman–Crippen LogP) is 2.36. The van der Waals surface area contributed by atoms with Gasteiger partial charge >= 0.3 is 0 Å². The zero-order valence-electron chi connectivity index (χ0n) is 13.9. The van der Waals surface area contributed by atoms with Crippen molar-refractivity contribution in [2.75, 3.05) is 23.9 Å². The minimum atomic E-state index is -3.03. The van der Waals surface area contributed by atoms with Gasteiger partial charge in [0.15, 0.2) is 9.84 Å². The summed E-state index contributed by atoms with van der Waals surface area (Å²) in [5.74, 6) is 0.606. The molecule has 0 bridgehead atoms. The van der Waals surface area contributed by atoms with E-state index in [2.05, 4.69) is 10.6 Å². The molecule has 132 valence electrons. The Hall–Kier alpha value is -2.54. The molecular weight excluding hydrogens is 340 g/mol. The molecule has 0 aromatic heterocycles. The number of anilines is 2. The number of methoxy groups -OCH3 is 1. The van der Waals surface area contributed by atoms with Gasteiger partial charge in [-0.2, -0.15) is 0 Å². The van der Waals surface area contributed by atoms with Crippen LogP contribution in [0.15, 0.2) is 48.5 Å². The average Bonchev–Trinajstić information content (AvgIpc) is 2.94. The summed E-state index contributed by atoms with van der Waals surface area (Å²) in [7, 11) is -1.43. The summed E-state index contributed by atoms with van der Waals surface area (Å²) < 4.78 is 28.2. The quantitative estimate of drug-likeness (QED) is 0.855. The van der Waals surface area contributed by atoms with E-state index in [9.17, 15) is 13.2 Å². The lowest BCUT2D eigenvalue weighted by molar-refractivity contribution is 0.0942. The van der Waals surface area contributed by atoms with Gasteiger partial charge < -0.3 is 15.4 Å². The monoisotopic (exact) mass is 360 g/mol. The van der Waals surface area contributed by atoms with Crippen LogP contribution < -0.4 is 15.4 Å². The van der Waals surface area contributed by atoms with E-state index in [0.717, 1.165) is 11.4 Å². The van der Waals surface area contributed by atoms with Crippen LogP contribution in [0, 0.1) is 0 Å². The fourth-order valence-corrected chi connectivity index (χ4v) is 4.47. The summed E-state index contributed by atoms with van der Waals surface area (Å²) in [6.07, 6.45) is 0.460. The van der Waals surface area contributed by atoms with Gasteiger partial charge in [0.25, 0.3) is 5.91 Å². The van der Waals surface area contributed by atoms with Crippen LogP contribution in [0.3, 0.4) is 0 Å². The van der Waals surface area contributed by atoms with Crippen molar-refractivity contribution in [2.45, 2.75) is 12.5 Å². The molecule has 0 aliphatic carbocycles. The number of benzene rings is 2. The maximum atomic E-state index is 12.6. The topological polar surface area (TPSA) is 84.5 Å². The first-order valence-corrected chi connectivity index (χ1v) is 9.80. The van der Waals surface area contributed by atoms with E-state index >= 15 is 0 Å². The van der Waals surface area contributed by atoms with Gasteiger partial charge in [-0.1, -0.05) is 12.1 Å². The van der Waals surface area contributed by atoms with E-state index in [1.54, 1.807) is 19.2 Å². The molecule has 2 aromatic rings. The van der Waals surface area contributed by atoms with E-state index in [1.807, 2.05) is 36.4 Å². The lowest BCUT2D eigenvalue weighted by atomic mass is 10.1. The Kier molecular flexibility index (Phi) is 4.94. The van der Waals surface area contributed by atoms with Crippen LogP contribution in [0.5, 0.6) is 5.75 Å². The summed E-state index contributed by atoms with van der Waals surface area (Å²) >= 11 is 0. The fourth-order valence-electron chi connectivity index (χ4n) is 2.79. The number of hydrogen-bond acceptors (Lipinski definition) is 5. The van der Waals surface area contributed by atoms with Crippen molar-refractivity contribution in [2.24, 2.45) is 0 Å². The second-order valence-corrected chi connectivity index (χ2v) is 8.20. The highest BCUT2D eigenvalue weighted by Crippen LogP contribution is 2.23. The molecule has 1 atom stereocenters. The molecule has 1 heterocycles. The number of ether oxygens (including phenoxy) is 1. The van der Waals surface area contributed by atoms with E-state index in [-0.39, 0.29) is 23.5 Å². The number of amides is 1. The molecule has 0 saturated carbocycles. The molecule has 2 N–H and O–H groups in total. The molecule has 0 spiro atoms. The van der Waals surface area contributed by atoms with Crippen LogP contribution >= 0.6 is 0 Å². The number of sulfone groups is 1. The minimum absolute atomic E-state index is 0.00676. The van der Waals surface area contributed by atoms with Crippen LogP contribution in [0.4, 0.5) is 11.4 Å². The van der Waals surface area contributed by atoms with E-state index in [0.29, 0.717) is 17.7 Å². The van der Waals surface area contributed by atoms with Gasteiger partial charge in [-0.25, -0.2) is 8.42 Å². The van der Waals surface area contributed by atoms with E-state index in [4.69, 9.17) is 4.74 Å². The predicted molar refractivity (Wildman–Crippen MR) is 97.2 cm³/mol.